The molecular weight excluding hydrogens is 429 g/mol. The molecule has 2 saturated heterocycles. The van der Waals surface area contributed by atoms with Crippen molar-refractivity contribution in [3.05, 3.63) is 34.9 Å². The lowest BCUT2D eigenvalue weighted by molar-refractivity contribution is -0.144. The first kappa shape index (κ1) is 21.5. The summed E-state index contributed by atoms with van der Waals surface area (Å²) in [4.78, 5) is 15.9. The average molecular weight is 453 g/mol. The Bertz CT molecular complexity index is 948. The van der Waals surface area contributed by atoms with Crippen LogP contribution in [-0.4, -0.2) is 57.1 Å². The quantitative estimate of drug-likeness (QED) is 0.565. The van der Waals surface area contributed by atoms with Gasteiger partial charge in [0.1, 0.15) is 17.0 Å². The Balaban J connectivity index is 1.37. The maximum atomic E-state index is 12.7. The molecule has 0 unspecified atom stereocenters. The van der Waals surface area contributed by atoms with Crippen molar-refractivity contribution in [2.24, 2.45) is 16.1 Å². The number of alkyl halides is 3. The van der Waals surface area contributed by atoms with Gasteiger partial charge in [-0.3, -0.25) is 0 Å². The zero-order valence-corrected chi connectivity index (χ0v) is 17.8. The molecule has 4 heterocycles. The van der Waals surface area contributed by atoms with E-state index in [1.165, 1.54) is 29.9 Å². The number of anilines is 1. The van der Waals surface area contributed by atoms with Crippen LogP contribution in [0, 0.1) is 5.41 Å². The van der Waals surface area contributed by atoms with E-state index in [0.717, 1.165) is 51.3 Å². The second-order valence-corrected chi connectivity index (χ2v) is 8.71. The third-order valence-electron chi connectivity index (χ3n) is 6.00. The summed E-state index contributed by atoms with van der Waals surface area (Å²) in [6.45, 7) is 5.27. The molecule has 1 spiro atoms. The molecule has 0 bridgehead atoms. The summed E-state index contributed by atoms with van der Waals surface area (Å²) in [6, 6.07) is 0. The molecule has 4 rings (SSSR count). The Morgan fingerprint density at radius 3 is 2.45 bits per heavy atom. The molecule has 0 radical (unpaired) electrons. The summed E-state index contributed by atoms with van der Waals surface area (Å²) in [5.74, 6) is -0.222. The van der Waals surface area contributed by atoms with Gasteiger partial charge in [-0.2, -0.15) is 13.2 Å². The first-order chi connectivity index (χ1) is 14.8. The van der Waals surface area contributed by atoms with Crippen LogP contribution >= 0.6 is 11.3 Å². The van der Waals surface area contributed by atoms with Crippen molar-refractivity contribution in [2.45, 2.75) is 32.4 Å². The number of aliphatic imine (C=N–C) groups is 1. The van der Waals surface area contributed by atoms with E-state index in [0.29, 0.717) is 16.4 Å². The van der Waals surface area contributed by atoms with Gasteiger partial charge in [0.05, 0.1) is 18.1 Å². The minimum Gasteiger partial charge on any atom is -0.403 e. The van der Waals surface area contributed by atoms with Crippen molar-refractivity contribution >= 4 is 28.6 Å². The van der Waals surface area contributed by atoms with E-state index in [9.17, 15) is 13.2 Å². The third-order valence-corrected chi connectivity index (χ3v) is 6.71. The number of likely N-dealkylation sites (tertiary alicyclic amines) is 1. The van der Waals surface area contributed by atoms with Gasteiger partial charge in [-0.25, -0.2) is 15.0 Å². The fourth-order valence-corrected chi connectivity index (χ4v) is 4.71. The third kappa shape index (κ3) is 4.63. The largest absolute Gasteiger partial charge is 0.451 e. The molecule has 166 valence electrons. The average Bonchev–Trinajstić information content (AvgIpc) is 3.43. The van der Waals surface area contributed by atoms with Crippen LogP contribution in [0.3, 0.4) is 0 Å². The predicted octanol–water partition coefficient (Wildman–Crippen LogP) is 3.01. The molecule has 2 fully saturated rings. The van der Waals surface area contributed by atoms with Crippen LogP contribution in [0.5, 0.6) is 0 Å². The number of halogens is 3. The number of nitrogens with zero attached hydrogens (tertiary/aromatic N) is 7. The smallest absolute Gasteiger partial charge is 0.403 e. The fraction of sp³-hybridized carbons (Fsp3) is 0.526. The molecule has 2 aliphatic heterocycles. The lowest BCUT2D eigenvalue weighted by atomic mass is 9.78. The van der Waals surface area contributed by atoms with Crippen LogP contribution in [0.1, 0.15) is 37.0 Å². The molecule has 2 aliphatic rings. The summed E-state index contributed by atoms with van der Waals surface area (Å²) in [6.07, 6.45) is 2.43. The maximum absolute atomic E-state index is 12.7. The number of piperidine rings is 1. The Kier molecular flexibility index (Phi) is 5.82. The van der Waals surface area contributed by atoms with E-state index < -0.39 is 12.0 Å². The molecule has 0 saturated carbocycles. The zero-order valence-electron chi connectivity index (χ0n) is 17.0. The van der Waals surface area contributed by atoms with E-state index in [4.69, 9.17) is 5.73 Å². The van der Waals surface area contributed by atoms with E-state index >= 15 is 0 Å². The summed E-state index contributed by atoms with van der Waals surface area (Å²) < 4.78 is 38.1. The van der Waals surface area contributed by atoms with Crippen LogP contribution in [0.2, 0.25) is 0 Å². The van der Waals surface area contributed by atoms with E-state index in [1.54, 1.807) is 5.51 Å². The molecule has 0 aliphatic carbocycles. The van der Waals surface area contributed by atoms with Crippen molar-refractivity contribution in [1.29, 1.82) is 0 Å². The maximum Gasteiger partial charge on any atom is 0.451 e. The number of nitrogens with two attached hydrogens (primary N) is 1. The van der Waals surface area contributed by atoms with Gasteiger partial charge in [0, 0.05) is 32.4 Å². The van der Waals surface area contributed by atoms with Crippen molar-refractivity contribution < 1.29 is 13.2 Å². The normalized spacial score (nSPS) is 20.0. The summed E-state index contributed by atoms with van der Waals surface area (Å²) in [5.41, 5.74) is 8.74. The highest BCUT2D eigenvalue weighted by molar-refractivity contribution is 7.10. The van der Waals surface area contributed by atoms with Crippen molar-refractivity contribution in [3.8, 4) is 0 Å². The molecular formula is C19H23F3N8S. The lowest BCUT2D eigenvalue weighted by Gasteiger charge is -2.40. The van der Waals surface area contributed by atoms with Gasteiger partial charge in [-0.1, -0.05) is 11.3 Å². The molecule has 31 heavy (non-hydrogen) atoms. The van der Waals surface area contributed by atoms with Gasteiger partial charge >= 0.3 is 6.18 Å². The van der Waals surface area contributed by atoms with Gasteiger partial charge in [-0.15, -0.1) is 10.2 Å². The molecule has 0 atom stereocenters. The van der Waals surface area contributed by atoms with Crippen molar-refractivity contribution in [3.63, 3.8) is 0 Å². The van der Waals surface area contributed by atoms with E-state index in [1.807, 2.05) is 6.92 Å². The van der Waals surface area contributed by atoms with Crippen LogP contribution in [0.4, 0.5) is 18.9 Å². The number of hydrogen-bond donors (Lipinski definition) is 1. The number of amidine groups is 1. The second-order valence-electron chi connectivity index (χ2n) is 7.88. The first-order valence-corrected chi connectivity index (χ1v) is 10.8. The zero-order chi connectivity index (χ0) is 22.1. The highest BCUT2D eigenvalue weighted by Crippen LogP contribution is 2.42. The molecule has 8 nitrogen and oxygen atoms in total. The van der Waals surface area contributed by atoms with Crippen LogP contribution < -0.4 is 10.6 Å². The fourth-order valence-electron chi connectivity index (χ4n) is 4.19. The Morgan fingerprint density at radius 2 is 1.87 bits per heavy atom. The van der Waals surface area contributed by atoms with Crippen molar-refractivity contribution in [1.82, 2.24) is 25.1 Å². The SMILES string of the molecule is CC(=N/C(=C\N)c1nncs1)N1CCC2(CC1)CCN(c1cnc(C(F)(F)F)nc1)C2. The van der Waals surface area contributed by atoms with Crippen LogP contribution in [-0.2, 0) is 6.18 Å². The molecule has 2 N–H and O–H groups in total. The predicted molar refractivity (Wildman–Crippen MR) is 112 cm³/mol. The molecule has 12 heteroatoms. The Labute approximate surface area is 181 Å². The van der Waals surface area contributed by atoms with E-state index in [-0.39, 0.29) is 5.41 Å². The standard InChI is InChI=1S/C19H23F3N8S/c1-13(27-15(8-23)16-28-26-12-31-16)29-5-2-18(3-6-29)4-7-30(11-18)14-9-24-17(25-10-14)19(20,21)22/h8-10,12H,2-7,11,23H2,1H3/b15-8-,27-13?. The lowest BCUT2D eigenvalue weighted by Crippen LogP contribution is -2.43. The van der Waals surface area contributed by atoms with Crippen LogP contribution in [0.25, 0.3) is 5.70 Å². The number of aromatic nitrogens is 4. The summed E-state index contributed by atoms with van der Waals surface area (Å²) >= 11 is 1.39. The highest BCUT2D eigenvalue weighted by atomic mass is 32.1. The Hall–Kier alpha value is -2.76. The minimum atomic E-state index is -4.52. The van der Waals surface area contributed by atoms with Gasteiger partial charge in [0.15, 0.2) is 5.01 Å². The number of hydrogen-bond acceptors (Lipinski definition) is 8. The minimum absolute atomic E-state index is 0.144. The monoisotopic (exact) mass is 452 g/mol. The molecule has 0 amide bonds. The van der Waals surface area contributed by atoms with Gasteiger partial charge in [0.25, 0.3) is 0 Å². The second kappa shape index (κ2) is 8.40. The molecule has 2 aromatic rings. The van der Waals surface area contributed by atoms with Crippen molar-refractivity contribution in [2.75, 3.05) is 31.1 Å². The summed E-state index contributed by atoms with van der Waals surface area (Å²) in [7, 11) is 0. The van der Waals surface area contributed by atoms with E-state index in [2.05, 4.69) is 35.0 Å². The van der Waals surface area contributed by atoms with Gasteiger partial charge < -0.3 is 15.5 Å². The van der Waals surface area contributed by atoms with Gasteiger partial charge in [0.2, 0.25) is 5.82 Å². The Morgan fingerprint density at radius 1 is 1.19 bits per heavy atom. The highest BCUT2D eigenvalue weighted by Gasteiger charge is 2.41. The van der Waals surface area contributed by atoms with Gasteiger partial charge in [-0.05, 0) is 31.6 Å². The summed E-state index contributed by atoms with van der Waals surface area (Å²) in [5, 5.41) is 8.52. The topological polar surface area (TPSA) is 96.4 Å². The van der Waals surface area contributed by atoms with Crippen LogP contribution in [0.15, 0.2) is 29.1 Å². The first-order valence-electron chi connectivity index (χ1n) is 9.93. The number of rotatable bonds is 3. The molecule has 0 aromatic carbocycles. The molecule has 2 aromatic heterocycles.